The van der Waals surface area contributed by atoms with E-state index in [4.69, 9.17) is 9.47 Å². The van der Waals surface area contributed by atoms with E-state index < -0.39 is 5.97 Å². The summed E-state index contributed by atoms with van der Waals surface area (Å²) in [5.74, 6) is 0.603. The smallest absolute Gasteiger partial charge is 0.341 e. The number of carbonyl (C=O) groups is 2. The Morgan fingerprint density at radius 1 is 1.09 bits per heavy atom. The highest BCUT2D eigenvalue weighted by atomic mass is 79.9. The molecule has 5 nitrogen and oxygen atoms in total. The van der Waals surface area contributed by atoms with Crippen molar-refractivity contribution < 1.29 is 19.1 Å². The van der Waals surface area contributed by atoms with Gasteiger partial charge in [-0.2, -0.15) is 0 Å². The molecule has 1 N–H and O–H groups in total. The van der Waals surface area contributed by atoms with Gasteiger partial charge in [-0.1, -0.05) is 43.7 Å². The summed E-state index contributed by atoms with van der Waals surface area (Å²) >= 11 is 4.90. The van der Waals surface area contributed by atoms with Crippen LogP contribution in [0.4, 0.5) is 5.00 Å². The van der Waals surface area contributed by atoms with E-state index in [1.54, 1.807) is 6.92 Å². The lowest BCUT2D eigenvalue weighted by Gasteiger charge is -2.12. The first-order valence-electron chi connectivity index (χ1n) is 11.8. The number of nitrogens with one attached hydrogen (secondary N) is 1. The van der Waals surface area contributed by atoms with Crippen molar-refractivity contribution in [2.75, 3.05) is 18.5 Å². The number of aryl methyl sites for hydroxylation is 2. The Hall–Kier alpha value is -2.64. The van der Waals surface area contributed by atoms with Gasteiger partial charge >= 0.3 is 5.97 Å². The third-order valence-electron chi connectivity index (χ3n) is 5.62. The molecule has 1 heterocycles. The van der Waals surface area contributed by atoms with Crippen LogP contribution in [-0.4, -0.2) is 25.1 Å². The maximum absolute atomic E-state index is 12.8. The number of esters is 1. The summed E-state index contributed by atoms with van der Waals surface area (Å²) in [6.07, 6.45) is 0.828. The van der Waals surface area contributed by atoms with E-state index in [0.29, 0.717) is 29.5 Å². The minimum Gasteiger partial charge on any atom is -0.492 e. The van der Waals surface area contributed by atoms with Gasteiger partial charge in [-0.25, -0.2) is 4.79 Å². The van der Waals surface area contributed by atoms with Gasteiger partial charge in [0.1, 0.15) is 16.3 Å². The fourth-order valence-corrected chi connectivity index (χ4v) is 5.24. The lowest BCUT2D eigenvalue weighted by molar-refractivity contribution is -0.116. The van der Waals surface area contributed by atoms with Crippen LogP contribution in [0.2, 0.25) is 0 Å². The maximum atomic E-state index is 12.8. The van der Waals surface area contributed by atoms with Crippen LogP contribution in [0.3, 0.4) is 0 Å². The lowest BCUT2D eigenvalue weighted by atomic mass is 9.97. The van der Waals surface area contributed by atoms with Crippen molar-refractivity contribution in [3.8, 4) is 16.9 Å². The molecule has 0 spiro atoms. The van der Waals surface area contributed by atoms with Gasteiger partial charge < -0.3 is 14.8 Å². The summed E-state index contributed by atoms with van der Waals surface area (Å²) in [6.45, 7) is 10.8. The van der Waals surface area contributed by atoms with Gasteiger partial charge in [-0.05, 0) is 77.9 Å². The molecule has 0 unspecified atom stereocenters. The third-order valence-corrected chi connectivity index (χ3v) is 7.14. The molecule has 0 bridgehead atoms. The molecule has 1 aromatic heterocycles. The van der Waals surface area contributed by atoms with E-state index >= 15 is 0 Å². The van der Waals surface area contributed by atoms with E-state index in [9.17, 15) is 9.59 Å². The number of anilines is 1. The molecule has 0 aliphatic rings. The molecule has 1 amide bonds. The second-order valence-electron chi connectivity index (χ2n) is 8.74. The van der Waals surface area contributed by atoms with Gasteiger partial charge in [-0.15, -0.1) is 11.3 Å². The van der Waals surface area contributed by atoms with Crippen LogP contribution in [0.25, 0.3) is 11.1 Å². The summed E-state index contributed by atoms with van der Waals surface area (Å²) in [6, 6.07) is 12.2. The second-order valence-corrected chi connectivity index (χ2v) is 10.5. The predicted octanol–water partition coefficient (Wildman–Crippen LogP) is 7.89. The molecule has 0 fully saturated rings. The molecule has 35 heavy (non-hydrogen) atoms. The number of thiophene rings is 1. The molecule has 0 atom stereocenters. The van der Waals surface area contributed by atoms with Crippen LogP contribution < -0.4 is 10.1 Å². The fraction of sp³-hybridized carbons (Fsp3) is 0.357. The summed E-state index contributed by atoms with van der Waals surface area (Å²) in [7, 11) is 0. The van der Waals surface area contributed by atoms with Crippen LogP contribution in [0, 0.1) is 13.8 Å². The SMILES string of the molecule is CCOC(=O)c1c(-c2ccc(C)cc2C)csc1NC(=O)CCCOc1ccc(C(C)C)cc1Br. The predicted molar refractivity (Wildman–Crippen MR) is 147 cm³/mol. The Morgan fingerprint density at radius 3 is 2.51 bits per heavy atom. The molecule has 2 aromatic carbocycles. The number of hydrogen-bond donors (Lipinski definition) is 1. The first kappa shape index (κ1) is 27.0. The largest absolute Gasteiger partial charge is 0.492 e. The average molecular weight is 559 g/mol. The molecular formula is C28H32BrNO4S. The Kier molecular flexibility index (Phi) is 9.52. The molecule has 7 heteroatoms. The number of amides is 1. The van der Waals surface area contributed by atoms with E-state index in [-0.39, 0.29) is 18.9 Å². The Labute approximate surface area is 220 Å². The van der Waals surface area contributed by atoms with Crippen molar-refractivity contribution >= 4 is 44.1 Å². The highest BCUT2D eigenvalue weighted by Crippen LogP contribution is 2.38. The summed E-state index contributed by atoms with van der Waals surface area (Å²) in [5, 5.41) is 5.33. The summed E-state index contributed by atoms with van der Waals surface area (Å²) in [5.41, 5.74) is 5.59. The highest BCUT2D eigenvalue weighted by molar-refractivity contribution is 9.10. The van der Waals surface area contributed by atoms with E-state index in [2.05, 4.69) is 53.3 Å². The number of hydrogen-bond acceptors (Lipinski definition) is 5. The quantitative estimate of drug-likeness (QED) is 0.203. The standard InChI is InChI=1S/C28H32BrNO4S/c1-6-33-28(32)26-22(21-11-9-18(4)14-19(21)5)16-35-27(26)30-25(31)8-7-13-34-24-12-10-20(17(2)3)15-23(24)29/h9-12,14-17H,6-8,13H2,1-5H3,(H,30,31). The zero-order chi connectivity index (χ0) is 25.5. The summed E-state index contributed by atoms with van der Waals surface area (Å²) in [4.78, 5) is 25.5. The topological polar surface area (TPSA) is 64.6 Å². The molecule has 0 saturated heterocycles. The van der Waals surface area contributed by atoms with Crippen molar-refractivity contribution in [1.29, 1.82) is 0 Å². The second kappa shape index (κ2) is 12.4. The minimum atomic E-state index is -0.433. The molecule has 0 aliphatic heterocycles. The van der Waals surface area contributed by atoms with Crippen molar-refractivity contribution in [2.45, 2.75) is 53.4 Å². The monoisotopic (exact) mass is 557 g/mol. The van der Waals surface area contributed by atoms with E-state index in [0.717, 1.165) is 32.5 Å². The molecule has 0 aliphatic carbocycles. The highest BCUT2D eigenvalue weighted by Gasteiger charge is 2.23. The summed E-state index contributed by atoms with van der Waals surface area (Å²) < 4.78 is 12.1. The van der Waals surface area contributed by atoms with Gasteiger partial charge in [0.2, 0.25) is 5.91 Å². The molecule has 186 valence electrons. The Balaban J connectivity index is 1.65. The van der Waals surface area contributed by atoms with Gasteiger partial charge in [0, 0.05) is 17.4 Å². The van der Waals surface area contributed by atoms with Gasteiger partial charge in [0.15, 0.2) is 0 Å². The number of carbonyl (C=O) groups excluding carboxylic acids is 2. The normalized spacial score (nSPS) is 10.9. The minimum absolute atomic E-state index is 0.164. The van der Waals surface area contributed by atoms with E-state index in [1.807, 2.05) is 37.4 Å². The Morgan fingerprint density at radius 2 is 1.86 bits per heavy atom. The van der Waals surface area contributed by atoms with Gasteiger partial charge in [0.05, 0.1) is 17.7 Å². The number of benzene rings is 2. The van der Waals surface area contributed by atoms with Crippen LogP contribution in [0.1, 0.15) is 66.6 Å². The number of ether oxygens (including phenoxy) is 2. The lowest BCUT2D eigenvalue weighted by Crippen LogP contribution is -2.15. The molecule has 0 saturated carbocycles. The van der Waals surface area contributed by atoms with Crippen molar-refractivity contribution in [2.24, 2.45) is 0 Å². The first-order chi connectivity index (χ1) is 16.7. The van der Waals surface area contributed by atoms with E-state index in [1.165, 1.54) is 16.9 Å². The zero-order valence-corrected chi connectivity index (χ0v) is 23.3. The maximum Gasteiger partial charge on any atom is 0.341 e. The third kappa shape index (κ3) is 6.95. The molecule has 3 rings (SSSR count). The first-order valence-corrected chi connectivity index (χ1v) is 13.5. The zero-order valence-electron chi connectivity index (χ0n) is 20.9. The van der Waals surface area contributed by atoms with Crippen molar-refractivity contribution in [3.05, 3.63) is 68.5 Å². The van der Waals surface area contributed by atoms with Crippen LogP contribution in [0.15, 0.2) is 46.3 Å². The van der Waals surface area contributed by atoms with Gasteiger partial charge in [0.25, 0.3) is 0 Å². The number of halogens is 1. The number of rotatable bonds is 10. The Bertz CT molecular complexity index is 1200. The fourth-order valence-electron chi connectivity index (χ4n) is 3.77. The molecule has 3 aromatic rings. The van der Waals surface area contributed by atoms with Crippen LogP contribution in [0.5, 0.6) is 5.75 Å². The van der Waals surface area contributed by atoms with Crippen molar-refractivity contribution in [3.63, 3.8) is 0 Å². The average Bonchev–Trinajstić information content (AvgIpc) is 3.20. The van der Waals surface area contributed by atoms with Crippen LogP contribution in [-0.2, 0) is 9.53 Å². The van der Waals surface area contributed by atoms with Crippen molar-refractivity contribution in [1.82, 2.24) is 0 Å². The molecular weight excluding hydrogens is 526 g/mol. The van der Waals surface area contributed by atoms with Gasteiger partial charge in [-0.3, -0.25) is 4.79 Å². The molecule has 0 radical (unpaired) electrons. The van der Waals surface area contributed by atoms with Crippen LogP contribution >= 0.6 is 27.3 Å².